The molecule has 0 unspecified atom stereocenters. The molecule has 174 valence electrons. The van der Waals surface area contributed by atoms with Crippen molar-refractivity contribution in [3.05, 3.63) is 65.5 Å². The highest BCUT2D eigenvalue weighted by Gasteiger charge is 2.19. The first-order valence-corrected chi connectivity index (χ1v) is 12.5. The Kier molecular flexibility index (Phi) is 8.47. The summed E-state index contributed by atoms with van der Waals surface area (Å²) in [5, 5.41) is 4.97. The number of aromatic nitrogens is 2. The summed E-state index contributed by atoms with van der Waals surface area (Å²) in [6, 6.07) is 9.00. The van der Waals surface area contributed by atoms with Gasteiger partial charge in [0.25, 0.3) is 5.56 Å². The summed E-state index contributed by atoms with van der Waals surface area (Å²) >= 11 is 10.4. The lowest BCUT2D eigenvalue weighted by molar-refractivity contribution is -0.147. The second-order valence-corrected chi connectivity index (χ2v) is 10.0. The van der Waals surface area contributed by atoms with Crippen LogP contribution in [0, 0.1) is 0 Å². The van der Waals surface area contributed by atoms with E-state index in [1.807, 2.05) is 26.0 Å². The maximum absolute atomic E-state index is 13.3. The Balaban J connectivity index is 2.04. The van der Waals surface area contributed by atoms with Crippen molar-refractivity contribution in [2.45, 2.75) is 39.2 Å². The van der Waals surface area contributed by atoms with Crippen molar-refractivity contribution in [2.75, 3.05) is 7.11 Å². The second-order valence-electron chi connectivity index (χ2n) is 7.40. The van der Waals surface area contributed by atoms with E-state index in [4.69, 9.17) is 14.5 Å². The number of hydrogen-bond donors (Lipinski definition) is 0. The molecule has 10 heteroatoms. The zero-order valence-corrected chi connectivity index (χ0v) is 23.2. The number of hydrogen-bond acceptors (Lipinski definition) is 6. The number of carbonyl (C=O) groups excluding carboxylic acids is 1. The first-order valence-electron chi connectivity index (χ1n) is 10.2. The van der Waals surface area contributed by atoms with Crippen LogP contribution in [0.4, 0.5) is 0 Å². The largest absolute Gasteiger partial charge is 0.477 e. The summed E-state index contributed by atoms with van der Waals surface area (Å²) in [4.78, 5) is 29.6. The zero-order valence-electron chi connectivity index (χ0n) is 18.4. The number of esters is 1. The van der Waals surface area contributed by atoms with Gasteiger partial charge in [-0.1, -0.05) is 29.8 Å². The molecule has 0 fully saturated rings. The van der Waals surface area contributed by atoms with Crippen LogP contribution < -0.4 is 10.3 Å². The highest BCUT2D eigenvalue weighted by molar-refractivity contribution is 9.11. The SMILES string of the molecule is CC[C@@H](C)c1nc2ccc(Br)cc2c(=O)n1N=Cc1cc(Br)c(O[C@H](C)C(=O)OC)c(Br)c1. The van der Waals surface area contributed by atoms with E-state index in [0.29, 0.717) is 37.0 Å². The Bertz CT molecular complexity index is 1270. The highest BCUT2D eigenvalue weighted by Crippen LogP contribution is 2.35. The Morgan fingerprint density at radius 2 is 1.85 bits per heavy atom. The van der Waals surface area contributed by atoms with Crippen LogP contribution in [0.5, 0.6) is 5.75 Å². The van der Waals surface area contributed by atoms with Gasteiger partial charge in [-0.2, -0.15) is 9.78 Å². The second kappa shape index (κ2) is 10.9. The van der Waals surface area contributed by atoms with Crippen LogP contribution in [0.1, 0.15) is 44.5 Å². The van der Waals surface area contributed by atoms with Gasteiger partial charge in [-0.3, -0.25) is 4.79 Å². The van der Waals surface area contributed by atoms with Crippen LogP contribution in [-0.4, -0.2) is 35.1 Å². The van der Waals surface area contributed by atoms with Crippen molar-refractivity contribution in [1.29, 1.82) is 0 Å². The fraction of sp³-hybridized carbons (Fsp3) is 0.304. The number of methoxy groups -OCH3 is 1. The molecule has 0 aliphatic carbocycles. The average molecular weight is 644 g/mol. The summed E-state index contributed by atoms with van der Waals surface area (Å²) in [6.45, 7) is 5.66. The molecule has 0 amide bonds. The topological polar surface area (TPSA) is 82.8 Å². The van der Waals surface area contributed by atoms with Gasteiger partial charge in [0.05, 0.1) is 33.2 Å². The highest BCUT2D eigenvalue weighted by atomic mass is 79.9. The number of carbonyl (C=O) groups is 1. The molecule has 3 aromatic rings. The Labute approximate surface area is 216 Å². The van der Waals surface area contributed by atoms with Crippen molar-refractivity contribution in [1.82, 2.24) is 9.66 Å². The Morgan fingerprint density at radius 1 is 1.18 bits per heavy atom. The average Bonchev–Trinajstić information content (AvgIpc) is 2.79. The quantitative estimate of drug-likeness (QED) is 0.232. The fourth-order valence-electron chi connectivity index (χ4n) is 3.06. The van der Waals surface area contributed by atoms with E-state index in [1.54, 1.807) is 31.3 Å². The predicted molar refractivity (Wildman–Crippen MR) is 139 cm³/mol. The molecule has 7 nitrogen and oxygen atoms in total. The minimum Gasteiger partial charge on any atom is -0.477 e. The lowest BCUT2D eigenvalue weighted by atomic mass is 10.1. The molecule has 2 aromatic carbocycles. The van der Waals surface area contributed by atoms with Gasteiger partial charge in [-0.25, -0.2) is 9.78 Å². The van der Waals surface area contributed by atoms with Gasteiger partial charge in [0.15, 0.2) is 6.10 Å². The van der Waals surface area contributed by atoms with Gasteiger partial charge in [-0.15, -0.1) is 0 Å². The number of halogens is 3. The van der Waals surface area contributed by atoms with E-state index < -0.39 is 12.1 Å². The number of benzene rings is 2. The number of fused-ring (bicyclic) bond motifs is 1. The van der Waals surface area contributed by atoms with Crippen molar-refractivity contribution in [3.63, 3.8) is 0 Å². The van der Waals surface area contributed by atoms with Crippen molar-refractivity contribution < 1.29 is 14.3 Å². The van der Waals surface area contributed by atoms with Gasteiger partial charge in [-0.05, 0) is 81.1 Å². The maximum atomic E-state index is 13.3. The Morgan fingerprint density at radius 3 is 2.45 bits per heavy atom. The lowest BCUT2D eigenvalue weighted by Gasteiger charge is -2.16. The summed E-state index contributed by atoms with van der Waals surface area (Å²) in [7, 11) is 1.31. The van der Waals surface area contributed by atoms with E-state index in [1.165, 1.54) is 11.8 Å². The van der Waals surface area contributed by atoms with Crippen LogP contribution in [-0.2, 0) is 9.53 Å². The third-order valence-corrected chi connectivity index (χ3v) is 6.73. The minimum atomic E-state index is -0.776. The molecule has 1 heterocycles. The first kappa shape index (κ1) is 25.6. The molecular weight excluding hydrogens is 622 g/mol. The standard InChI is InChI=1S/C23H22Br3N3O4/c1-5-12(2)21-28-19-7-6-15(24)10-16(19)22(30)29(21)27-11-14-8-17(25)20(18(26)9-14)33-13(3)23(31)32-4/h6-13H,5H2,1-4H3/t12-,13-/m1/s1. The van der Waals surface area contributed by atoms with Gasteiger partial charge in [0, 0.05) is 10.4 Å². The summed E-state index contributed by atoms with van der Waals surface area (Å²) in [6.07, 6.45) is 1.62. The molecule has 0 N–H and O–H groups in total. The van der Waals surface area contributed by atoms with E-state index in [2.05, 4.69) is 52.9 Å². The van der Waals surface area contributed by atoms with Gasteiger partial charge in [0.2, 0.25) is 0 Å². The molecule has 0 saturated carbocycles. The summed E-state index contributed by atoms with van der Waals surface area (Å²) in [5.74, 6) is 0.613. The van der Waals surface area contributed by atoms with Crippen molar-refractivity contribution in [2.24, 2.45) is 5.10 Å². The number of nitrogens with zero attached hydrogens (tertiary/aromatic N) is 3. The number of ether oxygens (including phenoxy) is 2. The maximum Gasteiger partial charge on any atom is 0.346 e. The van der Waals surface area contributed by atoms with Crippen molar-refractivity contribution in [3.8, 4) is 5.75 Å². The third kappa shape index (κ3) is 5.73. The van der Waals surface area contributed by atoms with Crippen LogP contribution >= 0.6 is 47.8 Å². The van der Waals surface area contributed by atoms with Crippen molar-refractivity contribution >= 4 is 70.9 Å². The molecule has 0 aliphatic heterocycles. The molecule has 0 aliphatic rings. The molecule has 0 spiro atoms. The van der Waals surface area contributed by atoms with E-state index in [9.17, 15) is 9.59 Å². The zero-order chi connectivity index (χ0) is 24.3. The molecular formula is C23H22Br3N3O4. The van der Waals surface area contributed by atoms with Gasteiger partial charge < -0.3 is 9.47 Å². The smallest absolute Gasteiger partial charge is 0.346 e. The fourth-order valence-corrected chi connectivity index (χ4v) is 4.83. The van der Waals surface area contributed by atoms with E-state index in [-0.39, 0.29) is 11.5 Å². The summed E-state index contributed by atoms with van der Waals surface area (Å²) < 4.78 is 13.8. The van der Waals surface area contributed by atoms with Crippen LogP contribution in [0.2, 0.25) is 0 Å². The van der Waals surface area contributed by atoms with Gasteiger partial charge in [0.1, 0.15) is 11.6 Å². The third-order valence-electron chi connectivity index (χ3n) is 5.06. The molecule has 2 atom stereocenters. The molecule has 1 aromatic heterocycles. The molecule has 0 radical (unpaired) electrons. The predicted octanol–water partition coefficient (Wildman–Crippen LogP) is 6.02. The summed E-state index contributed by atoms with van der Waals surface area (Å²) in [5.41, 5.74) is 1.11. The van der Waals surface area contributed by atoms with Crippen LogP contribution in [0.15, 0.2) is 53.6 Å². The van der Waals surface area contributed by atoms with Crippen LogP contribution in [0.25, 0.3) is 10.9 Å². The van der Waals surface area contributed by atoms with E-state index in [0.717, 1.165) is 10.9 Å². The lowest BCUT2D eigenvalue weighted by Crippen LogP contribution is -2.25. The number of rotatable bonds is 7. The Hall–Kier alpha value is -2.04. The van der Waals surface area contributed by atoms with Gasteiger partial charge >= 0.3 is 5.97 Å². The molecule has 33 heavy (non-hydrogen) atoms. The molecule has 3 rings (SSSR count). The normalized spacial score (nSPS) is 13.3. The van der Waals surface area contributed by atoms with E-state index >= 15 is 0 Å². The molecule has 0 bridgehead atoms. The van der Waals surface area contributed by atoms with Crippen LogP contribution in [0.3, 0.4) is 0 Å². The monoisotopic (exact) mass is 641 g/mol. The molecule has 0 saturated heterocycles. The first-order chi connectivity index (χ1) is 15.7. The minimum absolute atomic E-state index is 0.0388.